The van der Waals surface area contributed by atoms with Crippen LogP contribution in [0.1, 0.15) is 22.0 Å². The number of rotatable bonds is 3. The van der Waals surface area contributed by atoms with Crippen molar-refractivity contribution < 1.29 is 4.39 Å². The van der Waals surface area contributed by atoms with Crippen LogP contribution in [0.3, 0.4) is 0 Å². The number of thiophene rings is 1. The lowest BCUT2D eigenvalue weighted by Gasteiger charge is -2.11. The van der Waals surface area contributed by atoms with Crippen LogP contribution in [-0.4, -0.2) is 0 Å². The summed E-state index contributed by atoms with van der Waals surface area (Å²) in [6.07, 6.45) is 0.663. The molecule has 0 amide bonds. The fourth-order valence-corrected chi connectivity index (χ4v) is 3.15. The van der Waals surface area contributed by atoms with Crippen LogP contribution in [0.5, 0.6) is 0 Å². The standard InChI is InChI=1S/C13H13BrFNS/c1-8-2-3-10(15)6-9(8)7-11(16)12-4-5-13(14)17-12/h2-6,11H,7,16H2,1H3. The second kappa shape index (κ2) is 5.29. The monoisotopic (exact) mass is 313 g/mol. The van der Waals surface area contributed by atoms with Crippen LogP contribution < -0.4 is 5.73 Å². The van der Waals surface area contributed by atoms with Crippen LogP contribution in [-0.2, 0) is 6.42 Å². The van der Waals surface area contributed by atoms with Crippen molar-refractivity contribution in [3.63, 3.8) is 0 Å². The van der Waals surface area contributed by atoms with Crippen LogP contribution in [0, 0.1) is 12.7 Å². The largest absolute Gasteiger partial charge is 0.323 e. The minimum Gasteiger partial charge on any atom is -0.323 e. The van der Waals surface area contributed by atoms with Crippen LogP contribution in [0.4, 0.5) is 4.39 Å². The summed E-state index contributed by atoms with van der Waals surface area (Å²) in [5.41, 5.74) is 8.18. The molecule has 1 nitrogen and oxygen atoms in total. The average Bonchev–Trinajstić information content (AvgIpc) is 2.70. The summed E-state index contributed by atoms with van der Waals surface area (Å²) in [7, 11) is 0. The second-order valence-electron chi connectivity index (χ2n) is 4.02. The lowest BCUT2D eigenvalue weighted by molar-refractivity contribution is 0.621. The Morgan fingerprint density at radius 1 is 1.35 bits per heavy atom. The summed E-state index contributed by atoms with van der Waals surface area (Å²) in [4.78, 5) is 1.11. The van der Waals surface area contributed by atoms with Gasteiger partial charge in [0.15, 0.2) is 0 Å². The number of benzene rings is 1. The first-order valence-electron chi connectivity index (χ1n) is 5.32. The fraction of sp³-hybridized carbons (Fsp3) is 0.231. The van der Waals surface area contributed by atoms with Gasteiger partial charge in [-0.3, -0.25) is 0 Å². The van der Waals surface area contributed by atoms with E-state index >= 15 is 0 Å². The number of hydrogen-bond acceptors (Lipinski definition) is 2. The van der Waals surface area contributed by atoms with Crippen molar-refractivity contribution in [3.8, 4) is 0 Å². The predicted octanol–water partition coefficient (Wildman–Crippen LogP) is 4.20. The van der Waals surface area contributed by atoms with Gasteiger partial charge in [0.25, 0.3) is 0 Å². The van der Waals surface area contributed by atoms with Gasteiger partial charge in [0.2, 0.25) is 0 Å². The highest BCUT2D eigenvalue weighted by Crippen LogP contribution is 2.28. The number of aryl methyl sites for hydroxylation is 1. The quantitative estimate of drug-likeness (QED) is 0.903. The first-order valence-corrected chi connectivity index (χ1v) is 6.93. The molecule has 2 N–H and O–H groups in total. The van der Waals surface area contributed by atoms with Gasteiger partial charge >= 0.3 is 0 Å². The second-order valence-corrected chi connectivity index (χ2v) is 6.52. The summed E-state index contributed by atoms with van der Waals surface area (Å²) in [6, 6.07) is 8.75. The van der Waals surface area contributed by atoms with Gasteiger partial charge < -0.3 is 5.73 Å². The van der Waals surface area contributed by atoms with Crippen molar-refractivity contribution in [2.24, 2.45) is 5.73 Å². The smallest absolute Gasteiger partial charge is 0.123 e. The third-order valence-electron chi connectivity index (χ3n) is 2.71. The third-order valence-corrected chi connectivity index (χ3v) is 4.47. The molecule has 0 bridgehead atoms. The molecular formula is C13H13BrFNS. The molecule has 2 aromatic rings. The Hall–Kier alpha value is -0.710. The molecule has 0 saturated carbocycles. The van der Waals surface area contributed by atoms with E-state index in [2.05, 4.69) is 15.9 Å². The van der Waals surface area contributed by atoms with Gasteiger partial charge in [-0.15, -0.1) is 11.3 Å². The molecule has 1 heterocycles. The van der Waals surface area contributed by atoms with E-state index < -0.39 is 0 Å². The van der Waals surface area contributed by atoms with E-state index in [-0.39, 0.29) is 11.9 Å². The number of nitrogens with two attached hydrogens (primary N) is 1. The first-order chi connectivity index (χ1) is 8.06. The van der Waals surface area contributed by atoms with E-state index in [1.165, 1.54) is 6.07 Å². The molecule has 0 radical (unpaired) electrons. The minimum absolute atomic E-state index is 0.0770. The first kappa shape index (κ1) is 12.7. The van der Waals surface area contributed by atoms with Crippen molar-refractivity contribution in [3.05, 3.63) is 55.9 Å². The van der Waals surface area contributed by atoms with Crippen molar-refractivity contribution in [1.82, 2.24) is 0 Å². The molecule has 1 unspecified atom stereocenters. The van der Waals surface area contributed by atoms with Gasteiger partial charge in [-0.25, -0.2) is 4.39 Å². The van der Waals surface area contributed by atoms with Gasteiger partial charge in [-0.05, 0) is 64.7 Å². The molecule has 2 rings (SSSR count). The lowest BCUT2D eigenvalue weighted by Crippen LogP contribution is -2.12. The van der Waals surface area contributed by atoms with E-state index in [9.17, 15) is 4.39 Å². The van der Waals surface area contributed by atoms with E-state index in [1.54, 1.807) is 23.5 Å². The van der Waals surface area contributed by atoms with Crippen LogP contribution >= 0.6 is 27.3 Å². The molecule has 0 aliphatic carbocycles. The SMILES string of the molecule is Cc1ccc(F)cc1CC(N)c1ccc(Br)s1. The van der Waals surface area contributed by atoms with E-state index in [4.69, 9.17) is 5.73 Å². The average molecular weight is 314 g/mol. The highest BCUT2D eigenvalue weighted by atomic mass is 79.9. The van der Waals surface area contributed by atoms with Gasteiger partial charge in [0.05, 0.1) is 3.79 Å². The summed E-state index contributed by atoms with van der Waals surface area (Å²) in [6.45, 7) is 1.98. The molecule has 0 saturated heterocycles. The Morgan fingerprint density at radius 3 is 2.76 bits per heavy atom. The number of halogens is 2. The Morgan fingerprint density at radius 2 is 2.12 bits per heavy atom. The maximum Gasteiger partial charge on any atom is 0.123 e. The van der Waals surface area contributed by atoms with Crippen molar-refractivity contribution >= 4 is 27.3 Å². The zero-order chi connectivity index (χ0) is 12.4. The molecular weight excluding hydrogens is 301 g/mol. The molecule has 1 aromatic heterocycles. The van der Waals surface area contributed by atoms with E-state index in [0.717, 1.165) is 19.8 Å². The van der Waals surface area contributed by atoms with Crippen LogP contribution in [0.2, 0.25) is 0 Å². The molecule has 1 atom stereocenters. The van der Waals surface area contributed by atoms with Crippen molar-refractivity contribution in [2.75, 3.05) is 0 Å². The van der Waals surface area contributed by atoms with Gasteiger partial charge in [-0.2, -0.15) is 0 Å². The Kier molecular flexibility index (Phi) is 3.97. The summed E-state index contributed by atoms with van der Waals surface area (Å²) < 4.78 is 14.2. The highest BCUT2D eigenvalue weighted by molar-refractivity contribution is 9.11. The van der Waals surface area contributed by atoms with Gasteiger partial charge in [0.1, 0.15) is 5.82 Å². The topological polar surface area (TPSA) is 26.0 Å². The lowest BCUT2D eigenvalue weighted by atomic mass is 10.0. The molecule has 90 valence electrons. The highest BCUT2D eigenvalue weighted by Gasteiger charge is 2.11. The van der Waals surface area contributed by atoms with E-state index in [1.807, 2.05) is 19.1 Å². The molecule has 0 aliphatic heterocycles. The fourth-order valence-electron chi connectivity index (χ4n) is 1.73. The molecule has 4 heteroatoms. The molecule has 17 heavy (non-hydrogen) atoms. The maximum atomic E-state index is 13.2. The minimum atomic E-state index is -0.204. The zero-order valence-electron chi connectivity index (χ0n) is 9.41. The van der Waals surface area contributed by atoms with Crippen molar-refractivity contribution in [2.45, 2.75) is 19.4 Å². The summed E-state index contributed by atoms with van der Waals surface area (Å²) >= 11 is 5.04. The molecule has 1 aromatic carbocycles. The van der Waals surface area contributed by atoms with Crippen LogP contribution in [0.25, 0.3) is 0 Å². The van der Waals surface area contributed by atoms with Gasteiger partial charge in [0, 0.05) is 10.9 Å². The molecule has 0 aliphatic rings. The molecule has 0 spiro atoms. The Balaban J connectivity index is 2.18. The molecule has 0 fully saturated rings. The van der Waals surface area contributed by atoms with Crippen molar-refractivity contribution in [1.29, 1.82) is 0 Å². The summed E-state index contributed by atoms with van der Waals surface area (Å²) in [5.74, 6) is -0.204. The Labute approximate surface area is 113 Å². The van der Waals surface area contributed by atoms with E-state index in [0.29, 0.717) is 6.42 Å². The number of hydrogen-bond donors (Lipinski definition) is 1. The van der Waals surface area contributed by atoms with Crippen LogP contribution in [0.15, 0.2) is 34.1 Å². The Bertz CT molecular complexity index is 524. The predicted molar refractivity (Wildman–Crippen MR) is 73.8 cm³/mol. The summed E-state index contributed by atoms with van der Waals surface area (Å²) in [5, 5.41) is 0. The zero-order valence-corrected chi connectivity index (χ0v) is 11.8. The normalized spacial score (nSPS) is 12.7. The van der Waals surface area contributed by atoms with Gasteiger partial charge in [-0.1, -0.05) is 6.07 Å². The maximum absolute atomic E-state index is 13.2. The third kappa shape index (κ3) is 3.15.